The van der Waals surface area contributed by atoms with Gasteiger partial charge >= 0.3 is 0 Å². The summed E-state index contributed by atoms with van der Waals surface area (Å²) in [4.78, 5) is 4.50. The fourth-order valence-electron chi connectivity index (χ4n) is 2.01. The number of ether oxygens (including phenoxy) is 1. The van der Waals surface area contributed by atoms with Gasteiger partial charge in [0.2, 0.25) is 5.88 Å². The van der Waals surface area contributed by atoms with Crippen LogP contribution in [0.25, 0.3) is 0 Å². The first-order chi connectivity index (χ1) is 10.1. The highest BCUT2D eigenvalue weighted by Crippen LogP contribution is 2.28. The number of hydrogen-bond acceptors (Lipinski definition) is 3. The standard InChI is InChI=1S/C16H16BrClN2O/c1-10-8-11(17)2-6-15(10)21-16-7-5-13(18)14(20-16)9-19-12-3-4-12/h2,5-8,12,19H,3-4,9H2,1H3. The summed E-state index contributed by atoms with van der Waals surface area (Å²) < 4.78 is 6.90. The zero-order valence-electron chi connectivity index (χ0n) is 11.7. The fourth-order valence-corrected chi connectivity index (χ4v) is 2.66. The molecule has 5 heteroatoms. The maximum absolute atomic E-state index is 6.19. The average Bonchev–Trinajstić information content (AvgIpc) is 3.26. The van der Waals surface area contributed by atoms with Gasteiger partial charge in [0.1, 0.15) is 5.75 Å². The van der Waals surface area contributed by atoms with Gasteiger partial charge in [-0.05, 0) is 49.6 Å². The van der Waals surface area contributed by atoms with Crippen LogP contribution in [0.1, 0.15) is 24.1 Å². The highest BCUT2D eigenvalue weighted by atomic mass is 79.9. The van der Waals surface area contributed by atoms with Gasteiger partial charge in [-0.25, -0.2) is 4.98 Å². The van der Waals surface area contributed by atoms with Crippen molar-refractivity contribution in [2.45, 2.75) is 32.4 Å². The van der Waals surface area contributed by atoms with Gasteiger partial charge in [0.25, 0.3) is 0 Å². The van der Waals surface area contributed by atoms with E-state index in [1.807, 2.05) is 31.2 Å². The molecule has 110 valence electrons. The molecular formula is C16H16BrClN2O. The predicted octanol–water partition coefficient (Wildman–Crippen LogP) is 4.85. The first-order valence-corrected chi connectivity index (χ1v) is 8.12. The first kappa shape index (κ1) is 14.8. The van der Waals surface area contributed by atoms with Gasteiger partial charge in [-0.1, -0.05) is 27.5 Å². The summed E-state index contributed by atoms with van der Waals surface area (Å²) in [5.41, 5.74) is 1.88. The van der Waals surface area contributed by atoms with E-state index < -0.39 is 0 Å². The van der Waals surface area contributed by atoms with Gasteiger partial charge in [-0.3, -0.25) is 0 Å². The van der Waals surface area contributed by atoms with Crippen molar-refractivity contribution in [1.29, 1.82) is 0 Å². The van der Waals surface area contributed by atoms with Crippen molar-refractivity contribution in [2.75, 3.05) is 0 Å². The van der Waals surface area contributed by atoms with E-state index in [0.29, 0.717) is 23.5 Å². The van der Waals surface area contributed by atoms with Gasteiger partial charge < -0.3 is 10.1 Å². The fraction of sp³-hybridized carbons (Fsp3) is 0.312. The molecule has 0 amide bonds. The Morgan fingerprint density at radius 1 is 1.33 bits per heavy atom. The lowest BCUT2D eigenvalue weighted by Gasteiger charge is -2.11. The van der Waals surface area contributed by atoms with E-state index in [-0.39, 0.29) is 0 Å². The highest BCUT2D eigenvalue weighted by Gasteiger charge is 2.20. The third-order valence-corrected chi connectivity index (χ3v) is 4.22. The van der Waals surface area contributed by atoms with Crippen molar-refractivity contribution in [3.8, 4) is 11.6 Å². The number of aromatic nitrogens is 1. The van der Waals surface area contributed by atoms with Crippen LogP contribution in [0.5, 0.6) is 11.6 Å². The molecule has 1 N–H and O–H groups in total. The molecule has 1 aliphatic rings. The summed E-state index contributed by atoms with van der Waals surface area (Å²) >= 11 is 9.64. The van der Waals surface area contributed by atoms with Crippen molar-refractivity contribution in [1.82, 2.24) is 10.3 Å². The number of halogens is 2. The van der Waals surface area contributed by atoms with E-state index in [9.17, 15) is 0 Å². The number of pyridine rings is 1. The maximum atomic E-state index is 6.19. The quantitative estimate of drug-likeness (QED) is 0.820. The van der Waals surface area contributed by atoms with Gasteiger partial charge in [-0.15, -0.1) is 0 Å². The molecule has 3 nitrogen and oxygen atoms in total. The van der Waals surface area contributed by atoms with Crippen molar-refractivity contribution in [3.63, 3.8) is 0 Å². The second-order valence-corrected chi connectivity index (χ2v) is 6.57. The van der Waals surface area contributed by atoms with E-state index in [4.69, 9.17) is 16.3 Å². The Hall–Kier alpha value is -1.10. The normalized spacial score (nSPS) is 14.2. The monoisotopic (exact) mass is 366 g/mol. The van der Waals surface area contributed by atoms with E-state index in [2.05, 4.69) is 26.2 Å². The molecule has 0 saturated heterocycles. The molecule has 21 heavy (non-hydrogen) atoms. The van der Waals surface area contributed by atoms with Gasteiger partial charge in [0.05, 0.1) is 10.7 Å². The second-order valence-electron chi connectivity index (χ2n) is 5.25. The molecule has 1 heterocycles. The number of nitrogens with one attached hydrogen (secondary N) is 1. The SMILES string of the molecule is Cc1cc(Br)ccc1Oc1ccc(Cl)c(CNC2CC2)n1. The molecule has 2 aromatic rings. The topological polar surface area (TPSA) is 34.1 Å². The van der Waals surface area contributed by atoms with Crippen LogP contribution < -0.4 is 10.1 Å². The van der Waals surface area contributed by atoms with Gasteiger partial charge in [-0.2, -0.15) is 0 Å². The Balaban J connectivity index is 1.76. The number of benzene rings is 1. The van der Waals surface area contributed by atoms with E-state index in [1.54, 1.807) is 6.07 Å². The molecule has 1 saturated carbocycles. The summed E-state index contributed by atoms with van der Waals surface area (Å²) in [6.45, 7) is 2.69. The number of rotatable bonds is 5. The van der Waals surface area contributed by atoms with E-state index in [0.717, 1.165) is 21.5 Å². The lowest BCUT2D eigenvalue weighted by atomic mass is 10.2. The summed E-state index contributed by atoms with van der Waals surface area (Å²) in [6.07, 6.45) is 2.48. The first-order valence-electron chi connectivity index (χ1n) is 6.94. The highest BCUT2D eigenvalue weighted by molar-refractivity contribution is 9.10. The Morgan fingerprint density at radius 3 is 2.86 bits per heavy atom. The molecule has 0 radical (unpaired) electrons. The van der Waals surface area contributed by atoms with Gasteiger partial charge in [0.15, 0.2) is 0 Å². The van der Waals surface area contributed by atoms with Crippen LogP contribution in [0.15, 0.2) is 34.8 Å². The lowest BCUT2D eigenvalue weighted by molar-refractivity contribution is 0.456. The van der Waals surface area contributed by atoms with Gasteiger partial charge in [0, 0.05) is 23.1 Å². The summed E-state index contributed by atoms with van der Waals surface area (Å²) in [6, 6.07) is 10.2. The number of hydrogen-bond donors (Lipinski definition) is 1. The molecule has 0 atom stereocenters. The second kappa shape index (κ2) is 6.34. The zero-order valence-corrected chi connectivity index (χ0v) is 14.0. The molecular weight excluding hydrogens is 352 g/mol. The summed E-state index contributed by atoms with van der Waals surface area (Å²) in [5, 5.41) is 4.08. The average molecular weight is 368 g/mol. The minimum atomic E-state index is 0.567. The third kappa shape index (κ3) is 3.96. The minimum Gasteiger partial charge on any atom is -0.439 e. The maximum Gasteiger partial charge on any atom is 0.219 e. The minimum absolute atomic E-state index is 0.567. The van der Waals surface area contributed by atoms with Crippen LogP contribution >= 0.6 is 27.5 Å². The molecule has 1 aromatic heterocycles. The summed E-state index contributed by atoms with van der Waals surface area (Å²) in [7, 11) is 0. The van der Waals surface area contributed by atoms with Crippen molar-refractivity contribution >= 4 is 27.5 Å². The van der Waals surface area contributed by atoms with Crippen molar-refractivity contribution in [3.05, 3.63) is 51.1 Å². The Bertz CT molecular complexity index is 659. The van der Waals surface area contributed by atoms with Crippen molar-refractivity contribution in [2.24, 2.45) is 0 Å². The zero-order chi connectivity index (χ0) is 14.8. The Labute approximate surface area is 137 Å². The molecule has 1 fully saturated rings. The number of nitrogens with zero attached hydrogens (tertiary/aromatic N) is 1. The van der Waals surface area contributed by atoms with E-state index >= 15 is 0 Å². The molecule has 3 rings (SSSR count). The largest absolute Gasteiger partial charge is 0.439 e. The van der Waals surface area contributed by atoms with Crippen LogP contribution in [0.2, 0.25) is 5.02 Å². The van der Waals surface area contributed by atoms with Crippen LogP contribution in [-0.4, -0.2) is 11.0 Å². The predicted molar refractivity (Wildman–Crippen MR) is 88.1 cm³/mol. The number of aryl methyl sites for hydroxylation is 1. The Kier molecular flexibility index (Phi) is 4.48. The van der Waals surface area contributed by atoms with Crippen LogP contribution in [0, 0.1) is 6.92 Å². The Morgan fingerprint density at radius 2 is 2.14 bits per heavy atom. The van der Waals surface area contributed by atoms with Crippen LogP contribution in [0.4, 0.5) is 0 Å². The molecule has 1 aromatic carbocycles. The molecule has 0 spiro atoms. The smallest absolute Gasteiger partial charge is 0.219 e. The lowest BCUT2D eigenvalue weighted by Crippen LogP contribution is -2.16. The van der Waals surface area contributed by atoms with E-state index in [1.165, 1.54) is 12.8 Å². The molecule has 0 bridgehead atoms. The molecule has 0 unspecified atom stereocenters. The summed E-state index contributed by atoms with van der Waals surface area (Å²) in [5.74, 6) is 1.37. The molecule has 1 aliphatic carbocycles. The van der Waals surface area contributed by atoms with Crippen LogP contribution in [-0.2, 0) is 6.54 Å². The molecule has 0 aliphatic heterocycles. The van der Waals surface area contributed by atoms with Crippen LogP contribution in [0.3, 0.4) is 0 Å². The van der Waals surface area contributed by atoms with Crippen molar-refractivity contribution < 1.29 is 4.74 Å². The third-order valence-electron chi connectivity index (χ3n) is 3.38.